The van der Waals surface area contributed by atoms with Crippen LogP contribution < -0.4 is 0 Å². The zero-order valence-corrected chi connectivity index (χ0v) is 9.42. The van der Waals surface area contributed by atoms with Crippen molar-refractivity contribution in [1.29, 1.82) is 0 Å². The van der Waals surface area contributed by atoms with E-state index in [4.69, 9.17) is 9.52 Å². The second-order valence-corrected chi connectivity index (χ2v) is 3.91. The average Bonchev–Trinajstić information content (AvgIpc) is 2.95. The molecule has 0 spiro atoms. The molecule has 1 N–H and O–H groups in total. The largest absolute Gasteiger partial charge is 0.455 e. The van der Waals surface area contributed by atoms with Gasteiger partial charge in [0.15, 0.2) is 11.6 Å². The van der Waals surface area contributed by atoms with Crippen molar-refractivity contribution in [1.82, 2.24) is 9.55 Å². The lowest BCUT2D eigenvalue weighted by Crippen LogP contribution is -1.90. The molecule has 0 aliphatic heterocycles. The number of aliphatic hydroxyl groups is 1. The third-order valence-corrected chi connectivity index (χ3v) is 2.83. The van der Waals surface area contributed by atoms with Crippen molar-refractivity contribution in [2.45, 2.75) is 6.61 Å². The molecule has 0 radical (unpaired) electrons. The summed E-state index contributed by atoms with van der Waals surface area (Å²) >= 11 is 0. The monoisotopic (exact) mass is 228 g/mol. The number of para-hydroxylation sites is 2. The van der Waals surface area contributed by atoms with Crippen LogP contribution in [0.3, 0.4) is 0 Å². The maximum atomic E-state index is 8.99. The Hall–Kier alpha value is -2.07. The third kappa shape index (κ3) is 1.54. The number of aryl methyl sites for hydroxylation is 1. The number of nitrogens with zero attached hydrogens (tertiary/aromatic N) is 2. The summed E-state index contributed by atoms with van der Waals surface area (Å²) in [6.07, 6.45) is 0. The summed E-state index contributed by atoms with van der Waals surface area (Å²) in [5.41, 5.74) is 2.00. The van der Waals surface area contributed by atoms with Gasteiger partial charge >= 0.3 is 0 Å². The molecule has 0 aliphatic carbocycles. The van der Waals surface area contributed by atoms with Crippen molar-refractivity contribution in [2.75, 3.05) is 0 Å². The first-order valence-corrected chi connectivity index (χ1v) is 5.41. The number of benzene rings is 1. The zero-order chi connectivity index (χ0) is 11.8. The van der Waals surface area contributed by atoms with E-state index in [1.165, 1.54) is 0 Å². The van der Waals surface area contributed by atoms with Gasteiger partial charge in [0.2, 0.25) is 0 Å². The Morgan fingerprint density at radius 1 is 1.24 bits per heavy atom. The number of rotatable bonds is 2. The lowest BCUT2D eigenvalue weighted by Gasteiger charge is -1.98. The number of hydrogen-bond donors (Lipinski definition) is 1. The second-order valence-electron chi connectivity index (χ2n) is 3.91. The van der Waals surface area contributed by atoms with Crippen LogP contribution in [0.5, 0.6) is 0 Å². The van der Waals surface area contributed by atoms with E-state index in [-0.39, 0.29) is 6.61 Å². The van der Waals surface area contributed by atoms with Crippen LogP contribution in [0.4, 0.5) is 0 Å². The minimum atomic E-state index is -0.0933. The van der Waals surface area contributed by atoms with E-state index in [1.807, 2.05) is 41.9 Å². The molecule has 0 atom stereocenters. The van der Waals surface area contributed by atoms with Gasteiger partial charge in [-0.05, 0) is 24.3 Å². The predicted molar refractivity (Wildman–Crippen MR) is 64.3 cm³/mol. The van der Waals surface area contributed by atoms with Crippen LogP contribution >= 0.6 is 0 Å². The van der Waals surface area contributed by atoms with Gasteiger partial charge in [0, 0.05) is 7.05 Å². The number of hydrogen-bond acceptors (Lipinski definition) is 3. The summed E-state index contributed by atoms with van der Waals surface area (Å²) in [5.74, 6) is 1.99. The maximum Gasteiger partial charge on any atom is 0.176 e. The van der Waals surface area contributed by atoms with E-state index in [9.17, 15) is 0 Å². The highest BCUT2D eigenvalue weighted by Gasteiger charge is 2.12. The summed E-state index contributed by atoms with van der Waals surface area (Å²) in [6, 6.07) is 11.5. The molecule has 0 amide bonds. The first kappa shape index (κ1) is 10.1. The van der Waals surface area contributed by atoms with Gasteiger partial charge in [-0.15, -0.1) is 0 Å². The summed E-state index contributed by atoms with van der Waals surface area (Å²) < 4.78 is 7.48. The Kier molecular flexibility index (Phi) is 2.23. The van der Waals surface area contributed by atoms with Gasteiger partial charge in [0.1, 0.15) is 12.4 Å². The number of furan rings is 1. The molecule has 3 rings (SSSR count). The fourth-order valence-corrected chi connectivity index (χ4v) is 1.95. The molecule has 86 valence electrons. The number of aromatic nitrogens is 2. The molecular formula is C13H12N2O2. The van der Waals surface area contributed by atoms with E-state index in [0.717, 1.165) is 16.9 Å². The van der Waals surface area contributed by atoms with Gasteiger partial charge in [-0.3, -0.25) is 0 Å². The molecule has 0 unspecified atom stereocenters. The van der Waals surface area contributed by atoms with Gasteiger partial charge < -0.3 is 14.1 Å². The van der Waals surface area contributed by atoms with Crippen LogP contribution in [0.15, 0.2) is 40.8 Å². The summed E-state index contributed by atoms with van der Waals surface area (Å²) in [6.45, 7) is -0.0933. The number of fused-ring (bicyclic) bond motifs is 1. The molecule has 2 aromatic heterocycles. The van der Waals surface area contributed by atoms with Gasteiger partial charge in [-0.1, -0.05) is 12.1 Å². The van der Waals surface area contributed by atoms with Gasteiger partial charge in [-0.2, -0.15) is 0 Å². The average molecular weight is 228 g/mol. The number of imidazole rings is 1. The van der Waals surface area contributed by atoms with E-state index in [2.05, 4.69) is 4.98 Å². The summed E-state index contributed by atoms with van der Waals surface area (Å²) in [4.78, 5) is 4.52. The van der Waals surface area contributed by atoms with E-state index in [1.54, 1.807) is 6.07 Å². The first-order valence-electron chi connectivity index (χ1n) is 5.41. The van der Waals surface area contributed by atoms with Crippen molar-refractivity contribution in [3.05, 3.63) is 42.2 Å². The normalized spacial score (nSPS) is 11.2. The molecule has 1 aromatic carbocycles. The molecular weight excluding hydrogens is 216 g/mol. The van der Waals surface area contributed by atoms with Crippen molar-refractivity contribution < 1.29 is 9.52 Å². The molecule has 3 aromatic rings. The van der Waals surface area contributed by atoms with Crippen LogP contribution in [0.25, 0.3) is 22.6 Å². The van der Waals surface area contributed by atoms with Crippen molar-refractivity contribution in [3.63, 3.8) is 0 Å². The minimum absolute atomic E-state index is 0.0933. The molecule has 0 aliphatic rings. The molecule has 2 heterocycles. The molecule has 0 fully saturated rings. The highest BCUT2D eigenvalue weighted by atomic mass is 16.4. The highest BCUT2D eigenvalue weighted by molar-refractivity contribution is 5.79. The number of aliphatic hydroxyl groups excluding tert-OH is 1. The fourth-order valence-electron chi connectivity index (χ4n) is 1.95. The molecule has 0 saturated heterocycles. The zero-order valence-electron chi connectivity index (χ0n) is 9.42. The topological polar surface area (TPSA) is 51.2 Å². The SMILES string of the molecule is Cn1c(-c2ccc(CO)o2)nc2ccccc21. The van der Waals surface area contributed by atoms with Crippen LogP contribution in [0.1, 0.15) is 5.76 Å². The Morgan fingerprint density at radius 3 is 2.76 bits per heavy atom. The Labute approximate surface area is 98.1 Å². The molecule has 0 saturated carbocycles. The van der Waals surface area contributed by atoms with Crippen LogP contribution in [-0.4, -0.2) is 14.7 Å². The molecule has 4 heteroatoms. The standard InChI is InChI=1S/C13H12N2O2/c1-15-11-5-3-2-4-10(11)14-13(15)12-7-6-9(8-16)17-12/h2-7,16H,8H2,1H3. The molecule has 0 bridgehead atoms. The third-order valence-electron chi connectivity index (χ3n) is 2.83. The van der Waals surface area contributed by atoms with Gasteiger partial charge in [0.05, 0.1) is 11.0 Å². The van der Waals surface area contributed by atoms with Gasteiger partial charge in [-0.25, -0.2) is 4.98 Å². The van der Waals surface area contributed by atoms with E-state index >= 15 is 0 Å². The Bertz CT molecular complexity index is 667. The van der Waals surface area contributed by atoms with Crippen LogP contribution in [-0.2, 0) is 13.7 Å². The Balaban J connectivity index is 2.20. The smallest absolute Gasteiger partial charge is 0.176 e. The van der Waals surface area contributed by atoms with E-state index < -0.39 is 0 Å². The van der Waals surface area contributed by atoms with Crippen molar-refractivity contribution in [3.8, 4) is 11.6 Å². The maximum absolute atomic E-state index is 8.99. The fraction of sp³-hybridized carbons (Fsp3) is 0.154. The van der Waals surface area contributed by atoms with Crippen molar-refractivity contribution >= 4 is 11.0 Å². The first-order chi connectivity index (χ1) is 8.29. The highest BCUT2D eigenvalue weighted by Crippen LogP contribution is 2.25. The lowest BCUT2D eigenvalue weighted by atomic mass is 10.3. The second kappa shape index (κ2) is 3.75. The lowest BCUT2D eigenvalue weighted by molar-refractivity contribution is 0.248. The van der Waals surface area contributed by atoms with Crippen LogP contribution in [0, 0.1) is 0 Å². The predicted octanol–water partition coefficient (Wildman–Crippen LogP) is 2.33. The van der Waals surface area contributed by atoms with Crippen molar-refractivity contribution in [2.24, 2.45) is 7.05 Å². The summed E-state index contributed by atoms with van der Waals surface area (Å²) in [7, 11) is 1.95. The quantitative estimate of drug-likeness (QED) is 0.732. The molecule has 17 heavy (non-hydrogen) atoms. The van der Waals surface area contributed by atoms with E-state index in [0.29, 0.717) is 11.5 Å². The molecule has 4 nitrogen and oxygen atoms in total. The Morgan fingerprint density at radius 2 is 2.06 bits per heavy atom. The minimum Gasteiger partial charge on any atom is -0.455 e. The van der Waals surface area contributed by atoms with Crippen LogP contribution in [0.2, 0.25) is 0 Å². The summed E-state index contributed by atoms with van der Waals surface area (Å²) in [5, 5.41) is 8.99. The van der Waals surface area contributed by atoms with Gasteiger partial charge in [0.25, 0.3) is 0 Å².